The molecule has 0 aliphatic carbocycles. The van der Waals surface area contributed by atoms with E-state index in [2.05, 4.69) is 217 Å². The fourth-order valence-corrected chi connectivity index (χ4v) is 12.2. The molecular formula is C57H45BS2. The Kier molecular flexibility index (Phi) is 8.82. The lowest BCUT2D eigenvalue weighted by molar-refractivity contribution is 0.590. The van der Waals surface area contributed by atoms with Crippen LogP contribution in [0.25, 0.3) is 54.9 Å². The molecule has 0 bridgehead atoms. The summed E-state index contributed by atoms with van der Waals surface area (Å²) >= 11 is 3.89. The molecule has 0 atom stereocenters. The van der Waals surface area contributed by atoms with Crippen LogP contribution in [0.4, 0.5) is 0 Å². The van der Waals surface area contributed by atoms with Gasteiger partial charge in [0.25, 0.3) is 0 Å². The van der Waals surface area contributed by atoms with Gasteiger partial charge in [0.1, 0.15) is 0 Å². The molecule has 9 aromatic carbocycles. The summed E-state index contributed by atoms with van der Waals surface area (Å²) in [5.41, 5.74) is 15.7. The fraction of sp³-hybridized carbons (Fsp3) is 0.123. The van der Waals surface area contributed by atoms with E-state index in [4.69, 9.17) is 0 Å². The summed E-state index contributed by atoms with van der Waals surface area (Å²) in [6.45, 7) is 11.9. The van der Waals surface area contributed by atoms with Crippen molar-refractivity contribution in [1.29, 1.82) is 0 Å². The Morgan fingerprint density at radius 1 is 0.350 bits per heavy atom. The van der Waals surface area contributed by atoms with E-state index in [1.807, 2.05) is 23.5 Å². The summed E-state index contributed by atoms with van der Waals surface area (Å²) < 4.78 is 0. The summed E-state index contributed by atoms with van der Waals surface area (Å²) in [4.78, 5) is 5.44. The van der Waals surface area contributed by atoms with Crippen LogP contribution in [0.1, 0.15) is 51.3 Å². The highest BCUT2D eigenvalue weighted by atomic mass is 32.2. The minimum Gasteiger partial charge on any atom is -0.0911 e. The van der Waals surface area contributed by atoms with Gasteiger partial charge in [-0.25, -0.2) is 0 Å². The third-order valence-corrected chi connectivity index (χ3v) is 15.3. The molecule has 9 aromatic rings. The maximum atomic E-state index is 2.50. The van der Waals surface area contributed by atoms with Crippen LogP contribution in [-0.2, 0) is 10.8 Å². The van der Waals surface area contributed by atoms with Crippen LogP contribution < -0.4 is 16.4 Å². The van der Waals surface area contributed by atoms with Gasteiger partial charge in [0.05, 0.1) is 0 Å². The molecule has 0 saturated heterocycles. The van der Waals surface area contributed by atoms with Crippen molar-refractivity contribution in [3.05, 3.63) is 199 Å². The van der Waals surface area contributed by atoms with E-state index in [0.29, 0.717) is 0 Å². The summed E-state index contributed by atoms with van der Waals surface area (Å²) in [5.74, 6) is 0. The largest absolute Gasteiger partial charge is 0.247 e. The standard InChI is InChI=1S/C57H45BS2/c1-56(2,3)41-28-29-50-48(35-41)58-47-26-16-17-27-49(47)59-51-33-38(34-52(60-50)55(51)58)37-30-39(32-42(31-37)57(4,5)40-20-10-7-11-21-40)54-45-24-14-12-22-43(45)53(36-18-8-6-9-19-36)44-23-13-15-25-46(44)54/h6-35H,1-5H3. The highest BCUT2D eigenvalue weighted by Crippen LogP contribution is 2.47. The zero-order chi connectivity index (χ0) is 40.8. The number of fused-ring (bicyclic) bond motifs is 6. The molecule has 2 aliphatic heterocycles. The van der Waals surface area contributed by atoms with E-state index in [1.54, 1.807) is 0 Å². The van der Waals surface area contributed by atoms with Gasteiger partial charge in [-0.2, -0.15) is 0 Å². The summed E-state index contributed by atoms with van der Waals surface area (Å²) in [5, 5.41) is 5.09. The second-order valence-electron chi connectivity index (χ2n) is 18.1. The maximum absolute atomic E-state index is 2.50. The third kappa shape index (κ3) is 6.08. The van der Waals surface area contributed by atoms with Gasteiger partial charge in [-0.1, -0.05) is 221 Å². The Labute approximate surface area is 363 Å². The molecule has 11 rings (SSSR count). The van der Waals surface area contributed by atoms with Gasteiger partial charge >= 0.3 is 0 Å². The van der Waals surface area contributed by atoms with Crippen LogP contribution in [0.5, 0.6) is 0 Å². The van der Waals surface area contributed by atoms with Crippen molar-refractivity contribution in [2.75, 3.05) is 0 Å². The predicted octanol–water partition coefficient (Wildman–Crippen LogP) is 14.1. The summed E-state index contributed by atoms with van der Waals surface area (Å²) in [6, 6.07) is 68.8. The molecular weight excluding hydrogens is 760 g/mol. The Balaban J connectivity index is 1.17. The molecule has 0 saturated carbocycles. The Bertz CT molecular complexity index is 3080. The molecule has 0 aromatic heterocycles. The second-order valence-corrected chi connectivity index (χ2v) is 20.2. The number of benzene rings is 9. The van der Waals surface area contributed by atoms with Crippen LogP contribution in [0.15, 0.2) is 202 Å². The van der Waals surface area contributed by atoms with E-state index in [1.165, 1.54) is 108 Å². The topological polar surface area (TPSA) is 0 Å². The van der Waals surface area contributed by atoms with Gasteiger partial charge in [-0.05, 0) is 113 Å². The highest BCUT2D eigenvalue weighted by Gasteiger charge is 2.39. The van der Waals surface area contributed by atoms with Crippen molar-refractivity contribution in [3.63, 3.8) is 0 Å². The zero-order valence-electron chi connectivity index (χ0n) is 34.7. The molecule has 2 heterocycles. The van der Waals surface area contributed by atoms with Gasteiger partial charge in [-0.15, -0.1) is 0 Å². The van der Waals surface area contributed by atoms with Gasteiger partial charge < -0.3 is 0 Å². The van der Waals surface area contributed by atoms with Gasteiger partial charge in [0.15, 0.2) is 0 Å². The van der Waals surface area contributed by atoms with Gasteiger partial charge in [-0.3, -0.25) is 0 Å². The first-order valence-electron chi connectivity index (χ1n) is 21.1. The molecule has 60 heavy (non-hydrogen) atoms. The van der Waals surface area contributed by atoms with Gasteiger partial charge in [0, 0.05) is 25.0 Å². The van der Waals surface area contributed by atoms with Crippen LogP contribution in [-0.4, -0.2) is 6.71 Å². The zero-order valence-corrected chi connectivity index (χ0v) is 36.3. The van der Waals surface area contributed by atoms with Crippen molar-refractivity contribution in [2.45, 2.75) is 65.0 Å². The molecule has 288 valence electrons. The van der Waals surface area contributed by atoms with Crippen molar-refractivity contribution >= 4 is 68.2 Å². The van der Waals surface area contributed by atoms with Crippen molar-refractivity contribution < 1.29 is 0 Å². The average Bonchev–Trinajstić information content (AvgIpc) is 3.27. The van der Waals surface area contributed by atoms with Crippen molar-refractivity contribution in [3.8, 4) is 33.4 Å². The average molecular weight is 805 g/mol. The lowest BCUT2D eigenvalue weighted by Crippen LogP contribution is -2.58. The summed E-state index contributed by atoms with van der Waals surface area (Å²) in [7, 11) is 0. The minimum atomic E-state index is -0.249. The fourth-order valence-electron chi connectivity index (χ4n) is 9.76. The Hall–Kier alpha value is -5.74. The molecule has 0 spiro atoms. The first-order chi connectivity index (χ1) is 29.1. The monoisotopic (exact) mass is 804 g/mol. The molecule has 0 radical (unpaired) electrons. The first-order valence-corrected chi connectivity index (χ1v) is 22.7. The normalized spacial score (nSPS) is 13.2. The van der Waals surface area contributed by atoms with E-state index >= 15 is 0 Å². The first kappa shape index (κ1) is 37.3. The van der Waals surface area contributed by atoms with Crippen LogP contribution in [0.2, 0.25) is 0 Å². The molecule has 2 aliphatic rings. The quantitative estimate of drug-likeness (QED) is 0.126. The molecule has 0 N–H and O–H groups in total. The molecule has 0 nitrogen and oxygen atoms in total. The van der Waals surface area contributed by atoms with Crippen LogP contribution >= 0.6 is 23.5 Å². The minimum absolute atomic E-state index is 0.0738. The molecule has 0 amide bonds. The number of hydrogen-bond donors (Lipinski definition) is 0. The predicted molar refractivity (Wildman–Crippen MR) is 261 cm³/mol. The SMILES string of the molecule is CC(C)(C)c1ccc2c(c1)B1c3ccccc3Sc3cc(-c4cc(-c5c6ccccc6c(-c6ccccc6)c6ccccc56)cc(C(C)(C)c5ccccc5)c4)cc(c31)S2. The Morgan fingerprint density at radius 3 is 1.47 bits per heavy atom. The second kappa shape index (κ2) is 14.2. The molecule has 0 unspecified atom stereocenters. The summed E-state index contributed by atoms with van der Waals surface area (Å²) in [6.07, 6.45) is 0. The highest BCUT2D eigenvalue weighted by molar-refractivity contribution is 8.01. The van der Waals surface area contributed by atoms with Crippen molar-refractivity contribution in [2.24, 2.45) is 0 Å². The third-order valence-electron chi connectivity index (χ3n) is 13.0. The van der Waals surface area contributed by atoms with Crippen LogP contribution in [0.3, 0.4) is 0 Å². The van der Waals surface area contributed by atoms with Crippen LogP contribution in [0, 0.1) is 0 Å². The van der Waals surface area contributed by atoms with E-state index in [0.717, 1.165) is 0 Å². The van der Waals surface area contributed by atoms with Crippen molar-refractivity contribution in [1.82, 2.24) is 0 Å². The van der Waals surface area contributed by atoms with E-state index in [9.17, 15) is 0 Å². The lowest BCUT2D eigenvalue weighted by atomic mass is 9.36. The van der Waals surface area contributed by atoms with E-state index in [-0.39, 0.29) is 17.5 Å². The number of hydrogen-bond acceptors (Lipinski definition) is 2. The number of rotatable bonds is 5. The smallest absolute Gasteiger partial charge is 0.0911 e. The molecule has 0 fully saturated rings. The van der Waals surface area contributed by atoms with E-state index < -0.39 is 0 Å². The lowest BCUT2D eigenvalue weighted by Gasteiger charge is -2.34. The van der Waals surface area contributed by atoms with Gasteiger partial charge in [0.2, 0.25) is 6.71 Å². The molecule has 3 heteroatoms. The Morgan fingerprint density at radius 2 is 0.850 bits per heavy atom. The maximum Gasteiger partial charge on any atom is 0.247 e.